The molecule has 0 spiro atoms. The first-order chi connectivity index (χ1) is 7.04. The molecule has 1 aliphatic heterocycles. The Kier molecular flexibility index (Phi) is 4.08. The maximum absolute atomic E-state index is 11.5. The van der Waals surface area contributed by atoms with Crippen molar-refractivity contribution in [3.05, 3.63) is 0 Å². The highest BCUT2D eigenvalue weighted by Gasteiger charge is 2.32. The van der Waals surface area contributed by atoms with Crippen LogP contribution in [0, 0.1) is 5.92 Å². The maximum Gasteiger partial charge on any atom is 0.245 e. The molecule has 5 nitrogen and oxygen atoms in total. The number of nitrogens with one attached hydrogen (secondary N) is 2. The van der Waals surface area contributed by atoms with Crippen molar-refractivity contribution < 1.29 is 14.7 Å². The van der Waals surface area contributed by atoms with Crippen LogP contribution in [0.1, 0.15) is 26.7 Å². The minimum atomic E-state index is -0.784. The zero-order chi connectivity index (χ0) is 11.4. The zero-order valence-electron chi connectivity index (χ0n) is 9.12. The molecule has 2 amide bonds. The molecular weight excluding hydrogens is 196 g/mol. The Morgan fingerprint density at radius 1 is 1.20 bits per heavy atom. The van der Waals surface area contributed by atoms with E-state index in [0.29, 0.717) is 12.3 Å². The van der Waals surface area contributed by atoms with Gasteiger partial charge in [-0.05, 0) is 18.8 Å². The van der Waals surface area contributed by atoms with E-state index in [1.807, 2.05) is 0 Å². The summed E-state index contributed by atoms with van der Waals surface area (Å²) in [5.41, 5.74) is 0. The van der Waals surface area contributed by atoms with Crippen molar-refractivity contribution in [1.29, 1.82) is 0 Å². The van der Waals surface area contributed by atoms with Gasteiger partial charge in [0, 0.05) is 0 Å². The lowest BCUT2D eigenvalue weighted by atomic mass is 10.0. The van der Waals surface area contributed by atoms with Crippen LogP contribution in [-0.2, 0) is 9.59 Å². The summed E-state index contributed by atoms with van der Waals surface area (Å²) in [7, 11) is 0. The highest BCUT2D eigenvalue weighted by Crippen LogP contribution is 2.09. The molecule has 0 radical (unpaired) electrons. The standard InChI is InChI=1S/C10H18N2O3/c1-6(2)3-4-7-9(14)12-8(5-13)10(15)11-7/h6-8,13H,3-5H2,1-2H3,(H,11,15)(H,12,14)/t7?,8-/m0/s1. The van der Waals surface area contributed by atoms with E-state index in [0.717, 1.165) is 6.42 Å². The number of hydrogen-bond donors (Lipinski definition) is 3. The quantitative estimate of drug-likeness (QED) is 0.584. The van der Waals surface area contributed by atoms with Gasteiger partial charge in [0.15, 0.2) is 0 Å². The molecule has 3 N–H and O–H groups in total. The van der Waals surface area contributed by atoms with Crippen LogP contribution >= 0.6 is 0 Å². The number of hydrogen-bond acceptors (Lipinski definition) is 3. The second-order valence-corrected chi connectivity index (χ2v) is 4.28. The van der Waals surface area contributed by atoms with Crippen molar-refractivity contribution in [3.63, 3.8) is 0 Å². The lowest BCUT2D eigenvalue weighted by Crippen LogP contribution is -2.62. The highest BCUT2D eigenvalue weighted by atomic mass is 16.3. The van der Waals surface area contributed by atoms with Crippen LogP contribution in [-0.4, -0.2) is 35.6 Å². The van der Waals surface area contributed by atoms with E-state index in [4.69, 9.17) is 5.11 Å². The average molecular weight is 214 g/mol. The Morgan fingerprint density at radius 3 is 2.27 bits per heavy atom. The van der Waals surface area contributed by atoms with E-state index in [2.05, 4.69) is 24.5 Å². The van der Waals surface area contributed by atoms with Crippen LogP contribution in [0.5, 0.6) is 0 Å². The molecule has 0 aromatic carbocycles. The number of rotatable bonds is 4. The number of piperazine rings is 1. The number of aliphatic hydroxyl groups excluding tert-OH is 1. The van der Waals surface area contributed by atoms with Gasteiger partial charge in [0.1, 0.15) is 12.1 Å². The minimum Gasteiger partial charge on any atom is -0.394 e. The SMILES string of the molecule is CC(C)CCC1NC(=O)[C@H](CO)NC1=O. The fraction of sp³-hybridized carbons (Fsp3) is 0.800. The molecule has 15 heavy (non-hydrogen) atoms. The molecule has 0 bridgehead atoms. The predicted molar refractivity (Wildman–Crippen MR) is 55.0 cm³/mol. The molecule has 1 fully saturated rings. The van der Waals surface area contributed by atoms with E-state index in [9.17, 15) is 9.59 Å². The Morgan fingerprint density at radius 2 is 1.73 bits per heavy atom. The largest absolute Gasteiger partial charge is 0.394 e. The first-order valence-electron chi connectivity index (χ1n) is 5.26. The van der Waals surface area contributed by atoms with Crippen molar-refractivity contribution in [2.75, 3.05) is 6.61 Å². The normalized spacial score (nSPS) is 26.4. The van der Waals surface area contributed by atoms with E-state index in [1.165, 1.54) is 0 Å². The Hall–Kier alpha value is -1.10. The number of aliphatic hydroxyl groups is 1. The summed E-state index contributed by atoms with van der Waals surface area (Å²) < 4.78 is 0. The summed E-state index contributed by atoms with van der Waals surface area (Å²) in [6.07, 6.45) is 1.54. The van der Waals surface area contributed by atoms with Gasteiger partial charge in [-0.25, -0.2) is 0 Å². The van der Waals surface area contributed by atoms with Crippen molar-refractivity contribution in [1.82, 2.24) is 10.6 Å². The predicted octanol–water partition coefficient (Wildman–Crippen LogP) is -0.602. The smallest absolute Gasteiger partial charge is 0.245 e. The van der Waals surface area contributed by atoms with Gasteiger partial charge in [-0.1, -0.05) is 13.8 Å². The third-order valence-electron chi connectivity index (χ3n) is 2.48. The average Bonchev–Trinajstić information content (AvgIpc) is 2.18. The summed E-state index contributed by atoms with van der Waals surface area (Å²) >= 11 is 0. The number of carbonyl (C=O) groups is 2. The first kappa shape index (κ1) is 12.0. The van der Waals surface area contributed by atoms with Crippen molar-refractivity contribution in [2.45, 2.75) is 38.8 Å². The molecule has 2 atom stereocenters. The van der Waals surface area contributed by atoms with Crippen LogP contribution < -0.4 is 10.6 Å². The molecular formula is C10H18N2O3. The van der Waals surface area contributed by atoms with E-state index in [-0.39, 0.29) is 18.4 Å². The third-order valence-corrected chi connectivity index (χ3v) is 2.48. The van der Waals surface area contributed by atoms with Gasteiger partial charge in [0.25, 0.3) is 0 Å². The van der Waals surface area contributed by atoms with Gasteiger partial charge >= 0.3 is 0 Å². The fourth-order valence-corrected chi connectivity index (χ4v) is 1.51. The molecule has 1 saturated heterocycles. The van der Waals surface area contributed by atoms with E-state index < -0.39 is 12.1 Å². The molecule has 0 saturated carbocycles. The van der Waals surface area contributed by atoms with Gasteiger partial charge < -0.3 is 15.7 Å². The lowest BCUT2D eigenvalue weighted by molar-refractivity contribution is -0.138. The Balaban J connectivity index is 2.48. The van der Waals surface area contributed by atoms with Crippen molar-refractivity contribution in [2.24, 2.45) is 5.92 Å². The molecule has 1 heterocycles. The van der Waals surface area contributed by atoms with Crippen LogP contribution in [0.4, 0.5) is 0 Å². The summed E-state index contributed by atoms with van der Waals surface area (Å²) in [6, 6.07) is -1.23. The van der Waals surface area contributed by atoms with Gasteiger partial charge in [0.2, 0.25) is 11.8 Å². The molecule has 1 rings (SSSR count). The summed E-state index contributed by atoms with van der Waals surface area (Å²) in [5, 5.41) is 13.9. The van der Waals surface area contributed by atoms with Crippen LogP contribution in [0.3, 0.4) is 0 Å². The topological polar surface area (TPSA) is 78.4 Å². The molecule has 0 aromatic heterocycles. The highest BCUT2D eigenvalue weighted by molar-refractivity contribution is 5.96. The molecule has 1 aliphatic rings. The number of amides is 2. The van der Waals surface area contributed by atoms with Crippen molar-refractivity contribution >= 4 is 11.8 Å². The molecule has 0 aliphatic carbocycles. The lowest BCUT2D eigenvalue weighted by Gasteiger charge is -2.28. The van der Waals surface area contributed by atoms with Gasteiger partial charge in [-0.3, -0.25) is 9.59 Å². The number of carbonyl (C=O) groups excluding carboxylic acids is 2. The minimum absolute atomic E-state index is 0.200. The second kappa shape index (κ2) is 5.11. The van der Waals surface area contributed by atoms with Crippen molar-refractivity contribution in [3.8, 4) is 0 Å². The zero-order valence-corrected chi connectivity index (χ0v) is 9.12. The summed E-state index contributed by atoms with van der Waals surface area (Å²) in [6.45, 7) is 3.78. The van der Waals surface area contributed by atoms with Gasteiger partial charge in [-0.2, -0.15) is 0 Å². The first-order valence-corrected chi connectivity index (χ1v) is 5.26. The van der Waals surface area contributed by atoms with E-state index in [1.54, 1.807) is 0 Å². The van der Waals surface area contributed by atoms with Crippen LogP contribution in [0.15, 0.2) is 0 Å². The van der Waals surface area contributed by atoms with E-state index >= 15 is 0 Å². The van der Waals surface area contributed by atoms with Gasteiger partial charge in [0.05, 0.1) is 6.61 Å². The molecule has 1 unspecified atom stereocenters. The Bertz CT molecular complexity index is 253. The second-order valence-electron chi connectivity index (χ2n) is 4.28. The molecule has 86 valence electrons. The maximum atomic E-state index is 11.5. The van der Waals surface area contributed by atoms with Crippen LogP contribution in [0.25, 0.3) is 0 Å². The summed E-state index contributed by atoms with van der Waals surface area (Å²) in [5.74, 6) is 0.00502. The molecule has 5 heteroatoms. The van der Waals surface area contributed by atoms with Gasteiger partial charge in [-0.15, -0.1) is 0 Å². The summed E-state index contributed by atoms with van der Waals surface area (Å²) in [4.78, 5) is 22.8. The molecule has 0 aromatic rings. The Labute approximate surface area is 89.2 Å². The monoisotopic (exact) mass is 214 g/mol. The fourth-order valence-electron chi connectivity index (χ4n) is 1.51. The van der Waals surface area contributed by atoms with Crippen LogP contribution in [0.2, 0.25) is 0 Å². The third kappa shape index (κ3) is 3.20.